The highest BCUT2D eigenvalue weighted by Crippen LogP contribution is 2.03. The van der Waals surface area contributed by atoms with Crippen LogP contribution in [0.25, 0.3) is 0 Å². The Bertz CT molecular complexity index is 169. The van der Waals surface area contributed by atoms with E-state index in [1.165, 1.54) is 0 Å². The zero-order valence-corrected chi connectivity index (χ0v) is 6.38. The highest BCUT2D eigenvalue weighted by Gasteiger charge is 2.16. The van der Waals surface area contributed by atoms with Gasteiger partial charge >= 0.3 is 0 Å². The number of nitrogens with two attached hydrogens (primary N) is 1. The van der Waals surface area contributed by atoms with E-state index in [-0.39, 0.29) is 18.2 Å². The third-order valence-corrected chi connectivity index (χ3v) is 1.79. The summed E-state index contributed by atoms with van der Waals surface area (Å²) in [5.74, 6) is -0.0370. The average molecular weight is 156 g/mol. The fourth-order valence-electron chi connectivity index (χ4n) is 1.18. The lowest BCUT2D eigenvalue weighted by molar-refractivity contribution is -0.124. The molecule has 1 heterocycles. The number of carbonyl (C=O) groups is 2. The molecule has 0 saturated carbocycles. The molecular weight excluding hydrogens is 144 g/mol. The van der Waals surface area contributed by atoms with Crippen molar-refractivity contribution in [2.45, 2.75) is 12.8 Å². The Kier molecular flexibility index (Phi) is 2.59. The first kappa shape index (κ1) is 8.20. The second kappa shape index (κ2) is 3.48. The van der Waals surface area contributed by atoms with Crippen LogP contribution < -0.4 is 5.73 Å². The zero-order valence-electron chi connectivity index (χ0n) is 6.38. The molecule has 0 radical (unpaired) electrons. The van der Waals surface area contributed by atoms with Crippen LogP contribution in [0.1, 0.15) is 12.8 Å². The van der Waals surface area contributed by atoms with Gasteiger partial charge in [-0.3, -0.25) is 14.5 Å². The molecule has 0 bridgehead atoms. The predicted octanol–water partition coefficient (Wildman–Crippen LogP) is -0.863. The maximum absolute atomic E-state index is 10.8. The van der Waals surface area contributed by atoms with Gasteiger partial charge in [0.15, 0.2) is 0 Å². The summed E-state index contributed by atoms with van der Waals surface area (Å²) in [6.07, 6.45) is 1.13. The SMILES string of the molecule is NC(=O)CN1CCC(=O)CC1. The minimum Gasteiger partial charge on any atom is -0.369 e. The van der Waals surface area contributed by atoms with E-state index in [0.29, 0.717) is 25.9 Å². The van der Waals surface area contributed by atoms with Crippen molar-refractivity contribution in [2.75, 3.05) is 19.6 Å². The summed E-state index contributed by atoms with van der Waals surface area (Å²) in [5.41, 5.74) is 4.99. The third-order valence-electron chi connectivity index (χ3n) is 1.79. The minimum absolute atomic E-state index is 0.283. The molecule has 0 aromatic heterocycles. The van der Waals surface area contributed by atoms with E-state index in [4.69, 9.17) is 5.73 Å². The van der Waals surface area contributed by atoms with Gasteiger partial charge < -0.3 is 5.73 Å². The van der Waals surface area contributed by atoms with E-state index in [1.807, 2.05) is 4.90 Å². The van der Waals surface area contributed by atoms with Crippen molar-refractivity contribution in [1.82, 2.24) is 4.90 Å². The summed E-state index contributed by atoms with van der Waals surface area (Å²) < 4.78 is 0. The van der Waals surface area contributed by atoms with Gasteiger partial charge in [-0.1, -0.05) is 0 Å². The van der Waals surface area contributed by atoms with E-state index in [2.05, 4.69) is 0 Å². The zero-order chi connectivity index (χ0) is 8.27. The van der Waals surface area contributed by atoms with Gasteiger partial charge in [0.1, 0.15) is 5.78 Å². The Labute approximate surface area is 65.3 Å². The Morgan fingerprint density at radius 2 is 2.00 bits per heavy atom. The molecule has 1 fully saturated rings. The van der Waals surface area contributed by atoms with Crippen molar-refractivity contribution in [3.8, 4) is 0 Å². The predicted molar refractivity (Wildman–Crippen MR) is 39.9 cm³/mol. The van der Waals surface area contributed by atoms with Crippen LogP contribution in [0.5, 0.6) is 0 Å². The molecule has 2 N–H and O–H groups in total. The summed E-state index contributed by atoms with van der Waals surface area (Å²) in [6, 6.07) is 0. The number of primary amides is 1. The minimum atomic E-state index is -0.320. The first-order valence-corrected chi connectivity index (χ1v) is 3.71. The Morgan fingerprint density at radius 3 is 2.45 bits per heavy atom. The molecule has 62 valence electrons. The maximum Gasteiger partial charge on any atom is 0.231 e. The topological polar surface area (TPSA) is 63.4 Å². The van der Waals surface area contributed by atoms with Gasteiger partial charge in [0.2, 0.25) is 5.91 Å². The van der Waals surface area contributed by atoms with Gasteiger partial charge in [0.05, 0.1) is 6.54 Å². The van der Waals surface area contributed by atoms with Crippen LogP contribution in [0, 0.1) is 0 Å². The number of carbonyl (C=O) groups excluding carboxylic acids is 2. The van der Waals surface area contributed by atoms with Gasteiger partial charge in [-0.15, -0.1) is 0 Å². The fourth-order valence-corrected chi connectivity index (χ4v) is 1.18. The number of amides is 1. The standard InChI is InChI=1S/C7H12N2O2/c8-7(11)5-9-3-1-6(10)2-4-9/h1-5H2,(H2,8,11). The van der Waals surface area contributed by atoms with Crippen molar-refractivity contribution in [3.05, 3.63) is 0 Å². The molecule has 0 unspecified atom stereocenters. The quantitative estimate of drug-likeness (QED) is 0.565. The Balaban J connectivity index is 2.28. The lowest BCUT2D eigenvalue weighted by Gasteiger charge is -2.23. The molecular formula is C7H12N2O2. The summed E-state index contributed by atoms with van der Waals surface area (Å²) in [5, 5.41) is 0. The van der Waals surface area contributed by atoms with Crippen LogP contribution in [0.15, 0.2) is 0 Å². The lowest BCUT2D eigenvalue weighted by Crippen LogP contribution is -2.39. The van der Waals surface area contributed by atoms with E-state index in [9.17, 15) is 9.59 Å². The smallest absolute Gasteiger partial charge is 0.231 e. The van der Waals surface area contributed by atoms with Crippen molar-refractivity contribution in [2.24, 2.45) is 5.73 Å². The van der Waals surface area contributed by atoms with Crippen LogP contribution in [-0.2, 0) is 9.59 Å². The Hall–Kier alpha value is -0.900. The maximum atomic E-state index is 10.8. The van der Waals surface area contributed by atoms with Gasteiger partial charge in [-0.25, -0.2) is 0 Å². The van der Waals surface area contributed by atoms with Crippen LogP contribution in [0.4, 0.5) is 0 Å². The third kappa shape index (κ3) is 2.67. The number of Topliss-reactive ketones (excluding diaryl/α,β-unsaturated/α-hetero) is 1. The molecule has 1 aliphatic heterocycles. The number of piperidine rings is 1. The van der Waals surface area contributed by atoms with Crippen LogP contribution in [-0.4, -0.2) is 36.2 Å². The number of ketones is 1. The highest BCUT2D eigenvalue weighted by molar-refractivity contribution is 5.80. The molecule has 1 rings (SSSR count). The molecule has 1 saturated heterocycles. The second-order valence-electron chi connectivity index (χ2n) is 2.78. The number of hydrogen-bond acceptors (Lipinski definition) is 3. The molecule has 0 spiro atoms. The number of rotatable bonds is 2. The van der Waals surface area contributed by atoms with Gasteiger partial charge in [-0.2, -0.15) is 0 Å². The van der Waals surface area contributed by atoms with Gasteiger partial charge in [0.25, 0.3) is 0 Å². The fraction of sp³-hybridized carbons (Fsp3) is 0.714. The molecule has 0 aromatic rings. The summed E-state index contributed by atoms with van der Waals surface area (Å²) >= 11 is 0. The molecule has 0 atom stereocenters. The van der Waals surface area contributed by atoms with Crippen molar-refractivity contribution in [1.29, 1.82) is 0 Å². The molecule has 1 aliphatic rings. The molecule has 4 nitrogen and oxygen atoms in total. The molecule has 1 amide bonds. The second-order valence-corrected chi connectivity index (χ2v) is 2.78. The molecule has 0 aliphatic carbocycles. The van der Waals surface area contributed by atoms with E-state index in [1.54, 1.807) is 0 Å². The average Bonchev–Trinajstić information content (AvgIpc) is 1.93. The first-order valence-electron chi connectivity index (χ1n) is 3.71. The monoisotopic (exact) mass is 156 g/mol. The summed E-state index contributed by atoms with van der Waals surface area (Å²) in [7, 11) is 0. The number of hydrogen-bond donors (Lipinski definition) is 1. The van der Waals surface area contributed by atoms with Crippen molar-refractivity contribution < 1.29 is 9.59 Å². The Morgan fingerprint density at radius 1 is 1.45 bits per heavy atom. The van der Waals surface area contributed by atoms with Gasteiger partial charge in [-0.05, 0) is 0 Å². The molecule has 0 aromatic carbocycles. The summed E-state index contributed by atoms with van der Waals surface area (Å²) in [6.45, 7) is 1.65. The van der Waals surface area contributed by atoms with Crippen LogP contribution >= 0.6 is 0 Å². The van der Waals surface area contributed by atoms with E-state index < -0.39 is 0 Å². The van der Waals surface area contributed by atoms with Gasteiger partial charge in [0, 0.05) is 25.9 Å². The van der Waals surface area contributed by atoms with E-state index >= 15 is 0 Å². The first-order chi connectivity index (χ1) is 5.18. The normalized spacial score (nSPS) is 20.2. The van der Waals surface area contributed by atoms with Crippen molar-refractivity contribution in [3.63, 3.8) is 0 Å². The summed E-state index contributed by atoms with van der Waals surface area (Å²) in [4.78, 5) is 23.1. The number of nitrogens with zero attached hydrogens (tertiary/aromatic N) is 1. The largest absolute Gasteiger partial charge is 0.369 e. The molecule has 4 heteroatoms. The van der Waals surface area contributed by atoms with Crippen LogP contribution in [0.2, 0.25) is 0 Å². The molecule has 11 heavy (non-hydrogen) atoms. The van der Waals surface area contributed by atoms with Crippen molar-refractivity contribution >= 4 is 11.7 Å². The van der Waals surface area contributed by atoms with E-state index in [0.717, 1.165) is 0 Å². The number of likely N-dealkylation sites (tertiary alicyclic amines) is 1. The lowest BCUT2D eigenvalue weighted by atomic mass is 10.1. The highest BCUT2D eigenvalue weighted by atomic mass is 16.1. The van der Waals surface area contributed by atoms with Crippen LogP contribution in [0.3, 0.4) is 0 Å².